The maximum atomic E-state index is 13.1. The zero-order chi connectivity index (χ0) is 21.8. The van der Waals surface area contributed by atoms with Gasteiger partial charge in [-0.1, -0.05) is 23.7 Å². The molecule has 2 aliphatic carbocycles. The molecule has 31 heavy (non-hydrogen) atoms. The van der Waals surface area contributed by atoms with Gasteiger partial charge in [0.25, 0.3) is 5.91 Å². The number of nitrogens with zero attached hydrogens (tertiary/aromatic N) is 3. The summed E-state index contributed by atoms with van der Waals surface area (Å²) in [7, 11) is 4.38. The molecule has 0 radical (unpaired) electrons. The Labute approximate surface area is 189 Å². The number of anilines is 1. The topological polar surface area (TPSA) is 94.5 Å². The summed E-state index contributed by atoms with van der Waals surface area (Å²) in [4.78, 5) is 17.4. The molecule has 0 saturated heterocycles. The van der Waals surface area contributed by atoms with Gasteiger partial charge in [0.15, 0.2) is 6.40 Å². The molecule has 3 aliphatic rings. The second-order valence-electron chi connectivity index (χ2n) is 9.15. The second-order valence-corrected chi connectivity index (χ2v) is 10.2. The fourth-order valence-electron chi connectivity index (χ4n) is 5.62. The maximum absolute atomic E-state index is 13.1. The zero-order valence-corrected chi connectivity index (χ0v) is 19.4. The van der Waals surface area contributed by atoms with Crippen LogP contribution in [0.5, 0.6) is 0 Å². The van der Waals surface area contributed by atoms with E-state index in [2.05, 4.69) is 24.6 Å². The van der Waals surface area contributed by atoms with Crippen LogP contribution < -0.4 is 16.4 Å². The molecule has 1 aromatic heterocycles. The first-order chi connectivity index (χ1) is 14.8. The number of amides is 1. The highest BCUT2D eigenvalue weighted by molar-refractivity contribution is 7.28. The molecule has 2 fully saturated rings. The van der Waals surface area contributed by atoms with Gasteiger partial charge in [-0.25, -0.2) is 0 Å². The summed E-state index contributed by atoms with van der Waals surface area (Å²) in [5.41, 5.74) is 8.46. The van der Waals surface area contributed by atoms with Crippen LogP contribution in [0.25, 0.3) is 0 Å². The molecule has 1 spiro atoms. The van der Waals surface area contributed by atoms with Gasteiger partial charge >= 0.3 is 0 Å². The van der Waals surface area contributed by atoms with E-state index in [9.17, 15) is 4.79 Å². The highest BCUT2D eigenvalue weighted by atomic mass is 35.5. The van der Waals surface area contributed by atoms with Crippen LogP contribution in [0.4, 0.5) is 5.82 Å². The molecule has 0 bridgehead atoms. The molecule has 3 N–H and O–H groups in total. The number of halogens is 1. The van der Waals surface area contributed by atoms with E-state index in [-0.39, 0.29) is 17.4 Å². The molecule has 1 aliphatic heterocycles. The predicted molar refractivity (Wildman–Crippen MR) is 125 cm³/mol. The maximum Gasteiger partial charge on any atom is 0.257 e. The highest BCUT2D eigenvalue weighted by Crippen LogP contribution is 2.55. The van der Waals surface area contributed by atoms with Crippen LogP contribution >= 0.6 is 20.8 Å². The van der Waals surface area contributed by atoms with E-state index in [0.29, 0.717) is 34.8 Å². The van der Waals surface area contributed by atoms with E-state index in [1.807, 2.05) is 18.2 Å². The number of carbonyl (C=O) groups excluding carboxylic acids is 1. The minimum absolute atomic E-state index is 0.0858. The van der Waals surface area contributed by atoms with Crippen LogP contribution in [0.3, 0.4) is 0 Å². The van der Waals surface area contributed by atoms with Crippen molar-refractivity contribution in [2.45, 2.75) is 43.7 Å². The molecule has 2 aromatic rings. The molecule has 7 nitrogen and oxygen atoms in total. The van der Waals surface area contributed by atoms with Gasteiger partial charge in [-0.05, 0) is 54.5 Å². The number of ether oxygens (including phenoxy) is 1. The van der Waals surface area contributed by atoms with Gasteiger partial charge in [0.1, 0.15) is 17.0 Å². The number of nitrogen functional groups attached to an aromatic ring is 1. The van der Waals surface area contributed by atoms with Crippen molar-refractivity contribution >= 4 is 44.3 Å². The number of nitrogens with two attached hydrogens (primary N) is 1. The third-order valence-electron chi connectivity index (χ3n) is 7.12. The second kappa shape index (κ2) is 7.79. The number of nitrogens with one attached hydrogen (secondary N) is 1. The summed E-state index contributed by atoms with van der Waals surface area (Å²) >= 11 is 6.19. The van der Waals surface area contributed by atoms with Crippen LogP contribution in [-0.4, -0.2) is 34.2 Å². The van der Waals surface area contributed by atoms with Gasteiger partial charge in [-0.3, -0.25) is 14.5 Å². The average molecular weight is 460 g/mol. The third-order valence-corrected chi connectivity index (χ3v) is 8.13. The van der Waals surface area contributed by atoms with Gasteiger partial charge in [0.2, 0.25) is 0 Å². The Hall–Kier alpha value is -2.11. The number of hydrogen-bond donors (Lipinski definition) is 2. The van der Waals surface area contributed by atoms with Crippen molar-refractivity contribution in [3.05, 3.63) is 40.0 Å². The summed E-state index contributed by atoms with van der Waals surface area (Å²) in [6.45, 7) is 1.16. The summed E-state index contributed by atoms with van der Waals surface area (Å²) in [5.74, 6) is 1.63. The van der Waals surface area contributed by atoms with Crippen LogP contribution in [0.1, 0.15) is 53.2 Å². The molecule has 1 aromatic carbocycles. The van der Waals surface area contributed by atoms with Crippen molar-refractivity contribution < 1.29 is 9.53 Å². The van der Waals surface area contributed by atoms with Gasteiger partial charge < -0.3 is 15.8 Å². The minimum Gasteiger partial charge on any atom is -0.475 e. The number of carbonyl (C=O) groups is 1. The van der Waals surface area contributed by atoms with Gasteiger partial charge in [0, 0.05) is 24.5 Å². The fourth-order valence-corrected chi connectivity index (χ4v) is 6.00. The Kier molecular flexibility index (Phi) is 5.22. The standard InChI is InChI=1S/C22H27ClN5O2P/c1-28-20(24)18(21(29)26-9-12-2-3-17(31)16(23)4-12)19(27-28)13-5-14-7-22(8-15(14)6-13)10-25-11-30-22/h2-4,11,13-15H,5-10,24,31H2,1H3,(H,26,29). The SMILES string of the molecule is Cn1nc(C2CC3CC4(CN=CO4)CC3C2)c(C(=O)NCc2ccc(P)c(Cl)c2)c1N. The zero-order valence-electron chi connectivity index (χ0n) is 17.5. The Morgan fingerprint density at radius 2 is 2.13 bits per heavy atom. The molecule has 2 saturated carbocycles. The van der Waals surface area contributed by atoms with E-state index in [1.54, 1.807) is 18.1 Å². The Bertz CT molecular complexity index is 1040. The first-order valence-electron chi connectivity index (χ1n) is 10.7. The number of aliphatic imine (C=N–C) groups is 1. The number of benzene rings is 1. The lowest BCUT2D eigenvalue weighted by Gasteiger charge is -2.23. The van der Waals surface area contributed by atoms with Gasteiger partial charge in [-0.15, -0.1) is 9.24 Å². The summed E-state index contributed by atoms with van der Waals surface area (Å²) in [6, 6.07) is 5.73. The van der Waals surface area contributed by atoms with Crippen molar-refractivity contribution in [2.75, 3.05) is 12.3 Å². The molecule has 2 heterocycles. The van der Waals surface area contributed by atoms with Crippen molar-refractivity contribution in [3.8, 4) is 0 Å². The lowest BCUT2D eigenvalue weighted by atomic mass is 9.91. The number of fused-ring (bicyclic) bond motifs is 1. The summed E-state index contributed by atoms with van der Waals surface area (Å²) in [6.07, 6.45) is 5.70. The average Bonchev–Trinajstić information content (AvgIpc) is 3.48. The smallest absolute Gasteiger partial charge is 0.257 e. The third kappa shape index (κ3) is 3.72. The fraction of sp³-hybridized carbons (Fsp3) is 0.500. The van der Waals surface area contributed by atoms with Crippen LogP contribution in [0, 0.1) is 11.8 Å². The van der Waals surface area contributed by atoms with Crippen LogP contribution in [0.2, 0.25) is 5.02 Å². The molecule has 164 valence electrons. The number of aryl methyl sites for hydroxylation is 1. The Morgan fingerprint density at radius 3 is 2.77 bits per heavy atom. The lowest BCUT2D eigenvalue weighted by molar-refractivity contribution is 0.0908. The quantitative estimate of drug-likeness (QED) is 0.687. The normalized spacial score (nSPS) is 28.8. The number of hydrogen-bond acceptors (Lipinski definition) is 5. The van der Waals surface area contributed by atoms with Crippen molar-refractivity contribution in [1.29, 1.82) is 0 Å². The Balaban J connectivity index is 1.30. The molecule has 5 rings (SSSR count). The minimum atomic E-state index is -0.187. The predicted octanol–water partition coefficient (Wildman–Crippen LogP) is 2.79. The lowest BCUT2D eigenvalue weighted by Crippen LogP contribution is -2.29. The number of aromatic nitrogens is 2. The molecule has 9 heteroatoms. The van der Waals surface area contributed by atoms with Crippen molar-refractivity contribution in [1.82, 2.24) is 15.1 Å². The van der Waals surface area contributed by atoms with E-state index in [0.717, 1.165) is 48.8 Å². The van der Waals surface area contributed by atoms with Gasteiger partial charge in [-0.2, -0.15) is 5.10 Å². The highest BCUT2D eigenvalue weighted by Gasteiger charge is 2.52. The molecule has 1 amide bonds. The van der Waals surface area contributed by atoms with E-state index >= 15 is 0 Å². The molecule has 3 unspecified atom stereocenters. The monoisotopic (exact) mass is 459 g/mol. The largest absolute Gasteiger partial charge is 0.475 e. The van der Waals surface area contributed by atoms with E-state index < -0.39 is 0 Å². The molecule has 3 atom stereocenters. The van der Waals surface area contributed by atoms with Crippen LogP contribution in [0.15, 0.2) is 23.2 Å². The first-order valence-corrected chi connectivity index (χ1v) is 11.6. The van der Waals surface area contributed by atoms with Crippen molar-refractivity contribution in [2.24, 2.45) is 23.9 Å². The van der Waals surface area contributed by atoms with Crippen molar-refractivity contribution in [3.63, 3.8) is 0 Å². The van der Waals surface area contributed by atoms with E-state index in [4.69, 9.17) is 22.1 Å². The van der Waals surface area contributed by atoms with E-state index in [1.165, 1.54) is 0 Å². The first kappa shape index (κ1) is 20.8. The molecular formula is C22H27ClN5O2P. The summed E-state index contributed by atoms with van der Waals surface area (Å²) < 4.78 is 7.47. The van der Waals surface area contributed by atoms with Crippen LogP contribution in [-0.2, 0) is 18.3 Å². The molecular weight excluding hydrogens is 433 g/mol. The van der Waals surface area contributed by atoms with Gasteiger partial charge in [0.05, 0.1) is 12.2 Å². The number of rotatable bonds is 4. The Morgan fingerprint density at radius 1 is 1.39 bits per heavy atom. The summed E-state index contributed by atoms with van der Waals surface area (Å²) in [5, 5.41) is 9.24.